The van der Waals surface area contributed by atoms with Gasteiger partial charge in [0.1, 0.15) is 0 Å². The molecule has 21 heavy (non-hydrogen) atoms. The van der Waals surface area contributed by atoms with Gasteiger partial charge >= 0.3 is 0 Å². The number of nitrogens with one attached hydrogen (secondary N) is 1. The molecule has 2 saturated heterocycles. The highest BCUT2D eigenvalue weighted by molar-refractivity contribution is 5.94. The Balaban J connectivity index is 1.53. The van der Waals surface area contributed by atoms with Gasteiger partial charge in [-0.3, -0.25) is 9.69 Å². The van der Waals surface area contributed by atoms with Gasteiger partial charge in [-0.15, -0.1) is 0 Å². The number of carbonyl (C=O) groups is 1. The van der Waals surface area contributed by atoms with Crippen LogP contribution in [0.25, 0.3) is 0 Å². The summed E-state index contributed by atoms with van der Waals surface area (Å²) in [5, 5.41) is 3.34. The van der Waals surface area contributed by atoms with Crippen molar-refractivity contribution in [2.24, 2.45) is 0 Å². The number of rotatable bonds is 1. The summed E-state index contributed by atoms with van der Waals surface area (Å²) in [5.74, 6) is 0.221. The Kier molecular flexibility index (Phi) is 3.43. The van der Waals surface area contributed by atoms with Crippen molar-refractivity contribution in [3.8, 4) is 0 Å². The summed E-state index contributed by atoms with van der Waals surface area (Å²) in [7, 11) is 0. The van der Waals surface area contributed by atoms with Crippen LogP contribution in [0.2, 0.25) is 0 Å². The van der Waals surface area contributed by atoms with Crippen LogP contribution in [0.15, 0.2) is 18.2 Å². The highest BCUT2D eigenvalue weighted by Gasteiger charge is 2.31. The molecule has 1 N–H and O–H groups in total. The van der Waals surface area contributed by atoms with Crippen molar-refractivity contribution in [3.05, 3.63) is 34.9 Å². The topological polar surface area (TPSA) is 35.6 Å². The first kappa shape index (κ1) is 13.3. The van der Waals surface area contributed by atoms with Gasteiger partial charge in [-0.2, -0.15) is 0 Å². The first-order chi connectivity index (χ1) is 10.3. The van der Waals surface area contributed by atoms with E-state index in [0.29, 0.717) is 6.04 Å². The fourth-order valence-electron chi connectivity index (χ4n) is 4.00. The molecule has 2 fully saturated rings. The third-order valence-electron chi connectivity index (χ3n) is 5.17. The lowest BCUT2D eigenvalue weighted by atomic mass is 10.1. The van der Waals surface area contributed by atoms with Crippen molar-refractivity contribution in [1.29, 1.82) is 0 Å². The Morgan fingerprint density at radius 3 is 2.90 bits per heavy atom. The van der Waals surface area contributed by atoms with Crippen molar-refractivity contribution in [1.82, 2.24) is 15.1 Å². The average Bonchev–Trinajstić information content (AvgIpc) is 3.10. The summed E-state index contributed by atoms with van der Waals surface area (Å²) in [6, 6.07) is 6.80. The van der Waals surface area contributed by atoms with Gasteiger partial charge in [-0.05, 0) is 49.1 Å². The van der Waals surface area contributed by atoms with Crippen molar-refractivity contribution < 1.29 is 4.79 Å². The first-order valence-electron chi connectivity index (χ1n) is 8.17. The van der Waals surface area contributed by atoms with E-state index in [0.717, 1.165) is 44.7 Å². The van der Waals surface area contributed by atoms with Crippen LogP contribution in [0.1, 0.15) is 40.7 Å². The quantitative estimate of drug-likeness (QED) is 0.851. The molecular weight excluding hydrogens is 262 g/mol. The normalized spacial score (nSPS) is 25.5. The van der Waals surface area contributed by atoms with Crippen molar-refractivity contribution in [3.63, 3.8) is 0 Å². The van der Waals surface area contributed by atoms with Gasteiger partial charge in [-0.1, -0.05) is 6.07 Å². The van der Waals surface area contributed by atoms with E-state index in [1.807, 2.05) is 6.07 Å². The minimum atomic E-state index is 0.221. The predicted octanol–water partition coefficient (Wildman–Crippen LogP) is 1.60. The van der Waals surface area contributed by atoms with Crippen LogP contribution in [-0.2, 0) is 13.1 Å². The number of carbonyl (C=O) groups excluding carboxylic acids is 1. The second-order valence-electron chi connectivity index (χ2n) is 6.52. The maximum Gasteiger partial charge on any atom is 0.253 e. The molecule has 4 heteroatoms. The molecule has 4 nitrogen and oxygen atoms in total. The molecule has 3 heterocycles. The van der Waals surface area contributed by atoms with E-state index in [2.05, 4.69) is 27.2 Å². The molecule has 0 aliphatic carbocycles. The van der Waals surface area contributed by atoms with Gasteiger partial charge in [0.2, 0.25) is 0 Å². The SMILES string of the molecule is O=C(c1ccc2c(c1)CNC2)N1CCCN2CCCC2C1. The number of hydrogen-bond acceptors (Lipinski definition) is 3. The van der Waals surface area contributed by atoms with Gasteiger partial charge in [0.05, 0.1) is 0 Å². The molecule has 0 spiro atoms. The summed E-state index contributed by atoms with van der Waals surface area (Å²) in [6.07, 6.45) is 3.64. The van der Waals surface area contributed by atoms with Gasteiger partial charge in [0.25, 0.3) is 5.91 Å². The smallest absolute Gasteiger partial charge is 0.253 e. The molecule has 1 amide bonds. The van der Waals surface area contributed by atoms with Gasteiger partial charge in [-0.25, -0.2) is 0 Å². The molecule has 1 atom stereocenters. The molecule has 3 aliphatic heterocycles. The Morgan fingerprint density at radius 1 is 1.10 bits per heavy atom. The zero-order valence-electron chi connectivity index (χ0n) is 12.5. The van der Waals surface area contributed by atoms with Gasteiger partial charge in [0.15, 0.2) is 0 Å². The standard InChI is InChI=1S/C17H23N3O/c21-17(13-4-5-14-10-18-11-15(14)9-13)20-8-2-7-19-6-1-3-16(19)12-20/h4-5,9,16,18H,1-3,6-8,10-12H2. The largest absolute Gasteiger partial charge is 0.337 e. The molecule has 0 aromatic heterocycles. The van der Waals surface area contributed by atoms with Crippen LogP contribution >= 0.6 is 0 Å². The molecule has 0 radical (unpaired) electrons. The molecule has 3 aliphatic rings. The highest BCUT2D eigenvalue weighted by Crippen LogP contribution is 2.23. The average molecular weight is 285 g/mol. The predicted molar refractivity (Wildman–Crippen MR) is 82.1 cm³/mol. The summed E-state index contributed by atoms with van der Waals surface area (Å²) in [4.78, 5) is 17.5. The zero-order chi connectivity index (χ0) is 14.2. The number of nitrogens with zero attached hydrogens (tertiary/aromatic N) is 2. The lowest BCUT2D eigenvalue weighted by Crippen LogP contribution is -2.39. The van der Waals surface area contributed by atoms with Crippen molar-refractivity contribution in [2.75, 3.05) is 26.2 Å². The monoisotopic (exact) mass is 285 g/mol. The van der Waals surface area contributed by atoms with Crippen LogP contribution in [0.5, 0.6) is 0 Å². The molecule has 0 saturated carbocycles. The highest BCUT2D eigenvalue weighted by atomic mass is 16.2. The van der Waals surface area contributed by atoms with E-state index >= 15 is 0 Å². The van der Waals surface area contributed by atoms with E-state index in [-0.39, 0.29) is 5.91 Å². The van der Waals surface area contributed by atoms with Crippen molar-refractivity contribution >= 4 is 5.91 Å². The van der Waals surface area contributed by atoms with Crippen LogP contribution in [0.4, 0.5) is 0 Å². The van der Waals surface area contributed by atoms with Crippen LogP contribution in [0, 0.1) is 0 Å². The lowest BCUT2D eigenvalue weighted by molar-refractivity contribution is 0.0743. The fraction of sp³-hybridized carbons (Fsp3) is 0.588. The maximum absolute atomic E-state index is 12.8. The van der Waals surface area contributed by atoms with E-state index in [1.54, 1.807) is 0 Å². The van der Waals surface area contributed by atoms with Crippen LogP contribution in [0.3, 0.4) is 0 Å². The fourth-order valence-corrected chi connectivity index (χ4v) is 4.00. The number of fused-ring (bicyclic) bond motifs is 2. The second kappa shape index (κ2) is 5.43. The summed E-state index contributed by atoms with van der Waals surface area (Å²) < 4.78 is 0. The lowest BCUT2D eigenvalue weighted by Gasteiger charge is -2.26. The summed E-state index contributed by atoms with van der Waals surface area (Å²) in [6.45, 7) is 6.02. The van der Waals surface area contributed by atoms with E-state index < -0.39 is 0 Å². The molecule has 1 unspecified atom stereocenters. The third-order valence-corrected chi connectivity index (χ3v) is 5.17. The summed E-state index contributed by atoms with van der Waals surface area (Å²) >= 11 is 0. The van der Waals surface area contributed by atoms with E-state index in [1.165, 1.54) is 30.5 Å². The number of amides is 1. The molecule has 1 aromatic rings. The van der Waals surface area contributed by atoms with E-state index in [9.17, 15) is 4.79 Å². The van der Waals surface area contributed by atoms with Crippen molar-refractivity contribution in [2.45, 2.75) is 38.4 Å². The van der Waals surface area contributed by atoms with Crippen LogP contribution < -0.4 is 5.32 Å². The van der Waals surface area contributed by atoms with E-state index in [4.69, 9.17) is 0 Å². The van der Waals surface area contributed by atoms with Gasteiger partial charge < -0.3 is 10.2 Å². The Bertz CT molecular complexity index is 557. The zero-order valence-corrected chi connectivity index (χ0v) is 12.5. The summed E-state index contributed by atoms with van der Waals surface area (Å²) in [5.41, 5.74) is 3.49. The first-order valence-corrected chi connectivity index (χ1v) is 8.17. The minimum Gasteiger partial charge on any atom is -0.337 e. The molecular formula is C17H23N3O. The Labute approximate surface area is 126 Å². The number of benzene rings is 1. The molecule has 1 aromatic carbocycles. The Hall–Kier alpha value is -1.39. The maximum atomic E-state index is 12.8. The molecule has 112 valence electrons. The molecule has 0 bridgehead atoms. The minimum absolute atomic E-state index is 0.221. The van der Waals surface area contributed by atoms with Crippen LogP contribution in [-0.4, -0.2) is 47.9 Å². The van der Waals surface area contributed by atoms with Gasteiger partial charge in [0, 0.05) is 44.3 Å². The molecule has 4 rings (SSSR count). The number of hydrogen-bond donors (Lipinski definition) is 1. The second-order valence-corrected chi connectivity index (χ2v) is 6.52. The third kappa shape index (κ3) is 2.47. The Morgan fingerprint density at radius 2 is 1.95 bits per heavy atom.